The van der Waals surface area contributed by atoms with E-state index in [4.69, 9.17) is 17.7 Å². The lowest BCUT2D eigenvalue weighted by Crippen LogP contribution is -3.61. The highest BCUT2D eigenvalue weighted by molar-refractivity contribution is 7.86. The molecule has 0 fully saturated rings. The summed E-state index contributed by atoms with van der Waals surface area (Å²) < 4.78 is 67.2. The molecule has 1 heterocycles. The quantitative estimate of drug-likeness (QED) is 0.289. The third-order valence-corrected chi connectivity index (χ3v) is 6.44. The first-order valence-electron chi connectivity index (χ1n) is 6.08. The monoisotopic (exact) mass is 458 g/mol. The Kier molecular flexibility index (Phi) is 5.21. The summed E-state index contributed by atoms with van der Waals surface area (Å²) in [5.74, 6) is 0.953. The number of alkyl halides is 3. The lowest BCUT2D eigenvalue weighted by atomic mass is 10.1. The van der Waals surface area contributed by atoms with Gasteiger partial charge in [0.15, 0.2) is 10.1 Å². The number of halogens is 4. The molecule has 23 heavy (non-hydrogen) atoms. The first-order chi connectivity index (χ1) is 10.6. The van der Waals surface area contributed by atoms with Crippen molar-refractivity contribution in [3.63, 3.8) is 0 Å². The highest BCUT2D eigenvalue weighted by Crippen LogP contribution is 2.26. The van der Waals surface area contributed by atoms with Crippen molar-refractivity contribution in [2.45, 2.75) is 5.51 Å². The SMILES string of the molecule is COc1ccc2c(c1)-c1ccccc1[I+]2.O=S(=O)([O-])C(F)(F)F. The van der Waals surface area contributed by atoms with Gasteiger partial charge in [0.25, 0.3) is 0 Å². The summed E-state index contributed by atoms with van der Waals surface area (Å²) in [7, 11) is -4.37. The van der Waals surface area contributed by atoms with Crippen molar-refractivity contribution < 1.29 is 52.1 Å². The maximum Gasteiger partial charge on any atom is 0.485 e. The predicted octanol–water partition coefficient (Wildman–Crippen LogP) is -0.145. The van der Waals surface area contributed by atoms with Crippen molar-refractivity contribution in [3.8, 4) is 16.9 Å². The lowest BCUT2D eigenvalue weighted by Gasteiger charge is -2.08. The van der Waals surface area contributed by atoms with Gasteiger partial charge in [-0.2, -0.15) is 13.2 Å². The van der Waals surface area contributed by atoms with Crippen LogP contribution in [0, 0.1) is 7.14 Å². The van der Waals surface area contributed by atoms with E-state index in [0.29, 0.717) is 0 Å². The van der Waals surface area contributed by atoms with E-state index >= 15 is 0 Å². The molecule has 0 N–H and O–H groups in total. The maximum atomic E-state index is 10.7. The summed E-state index contributed by atoms with van der Waals surface area (Å²) in [5, 5.41) is 0. The van der Waals surface area contributed by atoms with Crippen molar-refractivity contribution in [2.75, 3.05) is 7.11 Å². The molecular weight excluding hydrogens is 448 g/mol. The van der Waals surface area contributed by atoms with Crippen LogP contribution in [-0.2, 0) is 10.1 Å². The van der Waals surface area contributed by atoms with Gasteiger partial charge in [0.05, 0.1) is 7.11 Å². The maximum absolute atomic E-state index is 10.7. The average molecular weight is 458 g/mol. The molecule has 0 spiro atoms. The smallest absolute Gasteiger partial charge is 0.485 e. The van der Waals surface area contributed by atoms with E-state index in [9.17, 15) is 13.2 Å². The van der Waals surface area contributed by atoms with Crippen LogP contribution < -0.4 is 25.9 Å². The molecule has 4 nitrogen and oxygen atoms in total. The molecule has 2 aromatic carbocycles. The van der Waals surface area contributed by atoms with E-state index < -0.39 is 15.6 Å². The first kappa shape index (κ1) is 18.0. The third kappa shape index (κ3) is 4.15. The van der Waals surface area contributed by atoms with Crippen LogP contribution in [0.3, 0.4) is 0 Å². The number of ether oxygens (including phenoxy) is 1. The third-order valence-electron chi connectivity index (χ3n) is 2.82. The summed E-state index contributed by atoms with van der Waals surface area (Å²) in [4.78, 5) is 0. The molecule has 0 aliphatic carbocycles. The van der Waals surface area contributed by atoms with Gasteiger partial charge in [0.1, 0.15) is 5.75 Å². The standard InChI is InChI=1S/C13H10IO.CHF3O3S/c1-15-9-6-7-13-11(8-9)10-4-2-3-5-12(10)14-13;2-1(3,4)8(5,6)7/h2-8H,1H3;(H,5,6,7)/q+1;/p-1. The van der Waals surface area contributed by atoms with Gasteiger partial charge >= 0.3 is 26.7 Å². The first-order valence-corrected chi connectivity index (χ1v) is 9.64. The van der Waals surface area contributed by atoms with E-state index in [1.54, 1.807) is 7.11 Å². The normalized spacial score (nSPS) is 12.7. The molecule has 0 atom stereocenters. The van der Waals surface area contributed by atoms with Crippen molar-refractivity contribution in [3.05, 3.63) is 49.6 Å². The summed E-state index contributed by atoms with van der Waals surface area (Å²) in [5.41, 5.74) is -2.87. The Morgan fingerprint density at radius 1 is 1.04 bits per heavy atom. The molecule has 9 heteroatoms. The van der Waals surface area contributed by atoms with E-state index in [1.807, 2.05) is 0 Å². The molecule has 0 aromatic heterocycles. The number of hydrogen-bond acceptors (Lipinski definition) is 4. The summed E-state index contributed by atoms with van der Waals surface area (Å²) in [6, 6.07) is 15.1. The van der Waals surface area contributed by atoms with Crippen molar-refractivity contribution in [1.82, 2.24) is 0 Å². The second kappa shape index (κ2) is 6.65. The molecule has 2 aromatic rings. The topological polar surface area (TPSA) is 66.4 Å². The molecule has 0 bridgehead atoms. The summed E-state index contributed by atoms with van der Waals surface area (Å²) in [6.07, 6.45) is 0. The van der Waals surface area contributed by atoms with Crippen LogP contribution in [0.1, 0.15) is 0 Å². The van der Waals surface area contributed by atoms with Crippen LogP contribution in [-0.4, -0.2) is 25.6 Å². The van der Waals surface area contributed by atoms with Crippen LogP contribution in [0.5, 0.6) is 5.75 Å². The molecule has 3 rings (SSSR count). The number of methoxy groups -OCH3 is 1. The van der Waals surface area contributed by atoms with E-state index in [0.717, 1.165) is 5.75 Å². The van der Waals surface area contributed by atoms with Crippen LogP contribution in [0.4, 0.5) is 13.2 Å². The molecule has 1 aliphatic rings. The molecule has 0 amide bonds. The zero-order chi connectivity index (χ0) is 17.3. The van der Waals surface area contributed by atoms with Gasteiger partial charge < -0.3 is 9.29 Å². The predicted molar refractivity (Wildman–Crippen MR) is 71.6 cm³/mol. The Bertz CT molecular complexity index is 819. The molecule has 0 saturated carbocycles. The summed E-state index contributed by atoms with van der Waals surface area (Å²) >= 11 is 0.0291. The molecular formula is C14H10F3IO4S. The number of benzene rings is 2. The van der Waals surface area contributed by atoms with E-state index in [2.05, 4.69) is 42.5 Å². The highest BCUT2D eigenvalue weighted by atomic mass is 127. The van der Waals surface area contributed by atoms with Crippen LogP contribution in [0.2, 0.25) is 0 Å². The van der Waals surface area contributed by atoms with E-state index in [-0.39, 0.29) is 21.2 Å². The Morgan fingerprint density at radius 3 is 2.17 bits per heavy atom. The largest absolute Gasteiger partial charge is 0.741 e. The van der Waals surface area contributed by atoms with Gasteiger partial charge in [0.2, 0.25) is 7.14 Å². The highest BCUT2D eigenvalue weighted by Gasteiger charge is 2.37. The van der Waals surface area contributed by atoms with Gasteiger partial charge in [0, 0.05) is 11.1 Å². The number of fused-ring (bicyclic) bond motifs is 3. The van der Waals surface area contributed by atoms with Gasteiger partial charge in [-0.1, -0.05) is 12.1 Å². The van der Waals surface area contributed by atoms with Gasteiger partial charge in [-0.15, -0.1) is 0 Å². The molecule has 124 valence electrons. The minimum absolute atomic E-state index is 0.0291. The van der Waals surface area contributed by atoms with Crippen LogP contribution in [0.25, 0.3) is 11.1 Å². The fraction of sp³-hybridized carbons (Fsp3) is 0.143. The minimum atomic E-state index is -6.09. The second-order valence-corrected chi connectivity index (χ2v) is 8.55. The Labute approximate surface area is 141 Å². The van der Waals surface area contributed by atoms with Gasteiger partial charge in [-0.3, -0.25) is 0 Å². The Morgan fingerprint density at radius 2 is 1.61 bits per heavy atom. The van der Waals surface area contributed by atoms with Gasteiger partial charge in [-0.05, 0) is 30.3 Å². The summed E-state index contributed by atoms with van der Waals surface area (Å²) in [6.45, 7) is 0. The van der Waals surface area contributed by atoms with Crippen molar-refractivity contribution in [1.29, 1.82) is 0 Å². The average Bonchev–Trinajstić information content (AvgIpc) is 2.83. The zero-order valence-electron chi connectivity index (χ0n) is 11.6. The van der Waals surface area contributed by atoms with Gasteiger partial charge in [-0.25, -0.2) is 8.42 Å². The van der Waals surface area contributed by atoms with Crippen LogP contribution >= 0.6 is 0 Å². The Hall–Kier alpha value is -1.33. The second-order valence-electron chi connectivity index (χ2n) is 4.32. The van der Waals surface area contributed by atoms with Crippen LogP contribution in [0.15, 0.2) is 42.5 Å². The fourth-order valence-corrected chi connectivity index (χ4v) is 4.66. The molecule has 0 unspecified atom stereocenters. The molecule has 1 aliphatic heterocycles. The number of hydrogen-bond donors (Lipinski definition) is 0. The number of rotatable bonds is 1. The van der Waals surface area contributed by atoms with E-state index in [1.165, 1.54) is 18.3 Å². The fourth-order valence-electron chi connectivity index (χ4n) is 1.79. The van der Waals surface area contributed by atoms with Crippen molar-refractivity contribution >= 4 is 10.1 Å². The molecule has 0 saturated heterocycles. The minimum Gasteiger partial charge on any atom is -0.741 e. The lowest BCUT2D eigenvalue weighted by molar-refractivity contribution is -0.589. The zero-order valence-corrected chi connectivity index (χ0v) is 14.6. The van der Waals surface area contributed by atoms with Crippen molar-refractivity contribution in [2.24, 2.45) is 0 Å². The Balaban J connectivity index is 0.000000207. The molecule has 0 radical (unpaired) electrons.